The van der Waals surface area contributed by atoms with Gasteiger partial charge in [0.2, 0.25) is 0 Å². The first-order valence-electron chi connectivity index (χ1n) is 9.48. The highest BCUT2D eigenvalue weighted by molar-refractivity contribution is 5.93. The highest BCUT2D eigenvalue weighted by atomic mass is 16.2. The Hall–Kier alpha value is -1.40. The molecule has 0 unspecified atom stereocenters. The zero-order valence-electron chi connectivity index (χ0n) is 14.7. The van der Waals surface area contributed by atoms with Gasteiger partial charge in [0.1, 0.15) is 5.69 Å². The van der Waals surface area contributed by atoms with E-state index in [1.54, 1.807) is 16.9 Å². The fourth-order valence-electron chi connectivity index (χ4n) is 4.51. The summed E-state index contributed by atoms with van der Waals surface area (Å²) in [5.74, 6) is 0.118. The Morgan fingerprint density at radius 3 is 2.21 bits per heavy atom. The van der Waals surface area contributed by atoms with Crippen LogP contribution in [0.15, 0.2) is 12.3 Å². The lowest BCUT2D eigenvalue weighted by Gasteiger charge is -2.49. The Labute approximate surface area is 144 Å². The zero-order valence-corrected chi connectivity index (χ0v) is 14.7. The average molecular weight is 331 g/mol. The second-order valence-electron chi connectivity index (χ2n) is 7.57. The average Bonchev–Trinajstić information content (AvgIpc) is 3.01. The van der Waals surface area contributed by atoms with Gasteiger partial charge in [-0.2, -0.15) is 5.10 Å². The number of carbonyl (C=O) groups is 1. The number of piperazine rings is 1. The van der Waals surface area contributed by atoms with Crippen LogP contribution in [0.1, 0.15) is 42.6 Å². The molecule has 24 heavy (non-hydrogen) atoms. The lowest BCUT2D eigenvalue weighted by atomic mass is 9.93. The van der Waals surface area contributed by atoms with Gasteiger partial charge < -0.3 is 4.90 Å². The fourth-order valence-corrected chi connectivity index (χ4v) is 4.51. The Morgan fingerprint density at radius 2 is 1.62 bits per heavy atom. The van der Waals surface area contributed by atoms with Crippen LogP contribution in [0.5, 0.6) is 0 Å². The topological polar surface area (TPSA) is 44.6 Å². The number of carbonyl (C=O) groups excluding carboxylic acids is 1. The van der Waals surface area contributed by atoms with E-state index in [1.165, 1.54) is 45.2 Å². The van der Waals surface area contributed by atoms with Crippen molar-refractivity contribution in [2.24, 2.45) is 7.05 Å². The summed E-state index contributed by atoms with van der Waals surface area (Å²) in [5, 5.41) is 4.09. The van der Waals surface area contributed by atoms with Crippen LogP contribution >= 0.6 is 0 Å². The number of aryl methyl sites for hydroxylation is 1. The second kappa shape index (κ2) is 6.84. The molecule has 3 heterocycles. The molecule has 2 aliphatic heterocycles. The van der Waals surface area contributed by atoms with E-state index in [4.69, 9.17) is 0 Å². The molecule has 3 aliphatic rings. The molecule has 132 valence electrons. The third-order valence-corrected chi connectivity index (χ3v) is 6.15. The first-order chi connectivity index (χ1) is 11.7. The second-order valence-corrected chi connectivity index (χ2v) is 7.57. The Kier molecular flexibility index (Phi) is 4.59. The van der Waals surface area contributed by atoms with E-state index in [0.717, 1.165) is 32.2 Å². The molecular weight excluding hydrogens is 302 g/mol. The van der Waals surface area contributed by atoms with Gasteiger partial charge in [-0.05, 0) is 18.9 Å². The van der Waals surface area contributed by atoms with Crippen LogP contribution in [0.25, 0.3) is 0 Å². The third kappa shape index (κ3) is 3.09. The first-order valence-corrected chi connectivity index (χ1v) is 9.48. The molecule has 1 aliphatic carbocycles. The van der Waals surface area contributed by atoms with E-state index in [2.05, 4.69) is 14.9 Å². The van der Waals surface area contributed by atoms with Gasteiger partial charge in [-0.25, -0.2) is 0 Å². The first kappa shape index (κ1) is 16.1. The van der Waals surface area contributed by atoms with Crippen molar-refractivity contribution in [3.8, 4) is 0 Å². The molecule has 1 saturated carbocycles. The van der Waals surface area contributed by atoms with Crippen molar-refractivity contribution >= 4 is 5.91 Å². The molecule has 0 spiro atoms. The Bertz CT molecular complexity index is 566. The minimum Gasteiger partial charge on any atom is -0.334 e. The molecule has 2 saturated heterocycles. The molecular formula is C18H29N5O. The summed E-state index contributed by atoms with van der Waals surface area (Å²) in [6.45, 7) is 6.47. The number of hydrogen-bond acceptors (Lipinski definition) is 4. The fraction of sp³-hybridized carbons (Fsp3) is 0.778. The van der Waals surface area contributed by atoms with Crippen LogP contribution in [-0.2, 0) is 7.05 Å². The lowest BCUT2D eigenvalue weighted by Crippen LogP contribution is -2.64. The Morgan fingerprint density at radius 1 is 1.00 bits per heavy atom. The summed E-state index contributed by atoms with van der Waals surface area (Å²) < 4.78 is 1.67. The summed E-state index contributed by atoms with van der Waals surface area (Å²) in [6.07, 6.45) is 8.75. The van der Waals surface area contributed by atoms with E-state index in [1.807, 2.05) is 11.9 Å². The molecule has 1 aromatic rings. The summed E-state index contributed by atoms with van der Waals surface area (Å²) in [7, 11) is 1.83. The van der Waals surface area contributed by atoms with Gasteiger partial charge in [0, 0.05) is 64.6 Å². The van der Waals surface area contributed by atoms with Crippen LogP contribution in [-0.4, -0.2) is 81.7 Å². The van der Waals surface area contributed by atoms with Crippen molar-refractivity contribution in [2.45, 2.75) is 44.2 Å². The normalized spacial score (nSPS) is 25.0. The predicted octanol–water partition coefficient (Wildman–Crippen LogP) is 1.19. The quantitative estimate of drug-likeness (QED) is 0.835. The van der Waals surface area contributed by atoms with Crippen molar-refractivity contribution in [2.75, 3.05) is 39.3 Å². The SMILES string of the molecule is Cn1nccc1C(=O)N1CC(N2CCN(C3CCCCC3)CC2)C1. The van der Waals surface area contributed by atoms with Gasteiger partial charge in [-0.1, -0.05) is 19.3 Å². The van der Waals surface area contributed by atoms with Gasteiger partial charge in [0.25, 0.3) is 5.91 Å². The van der Waals surface area contributed by atoms with Gasteiger partial charge in [-0.3, -0.25) is 19.3 Å². The van der Waals surface area contributed by atoms with Crippen LogP contribution in [0.2, 0.25) is 0 Å². The largest absolute Gasteiger partial charge is 0.334 e. The maximum absolute atomic E-state index is 12.4. The zero-order chi connectivity index (χ0) is 16.5. The number of likely N-dealkylation sites (tertiary alicyclic amines) is 1. The van der Waals surface area contributed by atoms with Crippen LogP contribution in [0.4, 0.5) is 0 Å². The number of nitrogens with zero attached hydrogens (tertiary/aromatic N) is 5. The molecule has 4 rings (SSSR count). The van der Waals surface area contributed by atoms with E-state index < -0.39 is 0 Å². The molecule has 1 amide bonds. The maximum atomic E-state index is 12.4. The van der Waals surface area contributed by atoms with Gasteiger partial charge >= 0.3 is 0 Å². The van der Waals surface area contributed by atoms with Crippen molar-refractivity contribution in [1.29, 1.82) is 0 Å². The van der Waals surface area contributed by atoms with E-state index >= 15 is 0 Å². The molecule has 1 aromatic heterocycles. The van der Waals surface area contributed by atoms with Gasteiger partial charge in [0.15, 0.2) is 0 Å². The van der Waals surface area contributed by atoms with E-state index in [9.17, 15) is 4.79 Å². The van der Waals surface area contributed by atoms with Crippen LogP contribution in [0, 0.1) is 0 Å². The standard InChI is InChI=1S/C18H29N5O/c1-20-17(7-8-19-20)18(24)23-13-16(14-23)22-11-9-21(10-12-22)15-5-3-2-4-6-15/h7-8,15-16H,2-6,9-14H2,1H3. The number of rotatable bonds is 3. The minimum atomic E-state index is 0.118. The monoisotopic (exact) mass is 331 g/mol. The number of amides is 1. The van der Waals surface area contributed by atoms with Crippen LogP contribution in [0.3, 0.4) is 0 Å². The van der Waals surface area contributed by atoms with Gasteiger partial charge in [0.05, 0.1) is 0 Å². The molecule has 0 bridgehead atoms. The maximum Gasteiger partial charge on any atom is 0.272 e. The lowest BCUT2D eigenvalue weighted by molar-refractivity contribution is -0.00307. The summed E-state index contributed by atoms with van der Waals surface area (Å²) in [5.41, 5.74) is 0.690. The molecule has 6 nitrogen and oxygen atoms in total. The number of hydrogen-bond donors (Lipinski definition) is 0. The molecule has 0 aromatic carbocycles. The highest BCUT2D eigenvalue weighted by Crippen LogP contribution is 2.25. The smallest absolute Gasteiger partial charge is 0.272 e. The van der Waals surface area contributed by atoms with Crippen molar-refractivity contribution in [1.82, 2.24) is 24.5 Å². The Balaban J connectivity index is 1.23. The minimum absolute atomic E-state index is 0.118. The molecule has 0 atom stereocenters. The van der Waals surface area contributed by atoms with Crippen molar-refractivity contribution in [3.63, 3.8) is 0 Å². The van der Waals surface area contributed by atoms with Crippen molar-refractivity contribution < 1.29 is 4.79 Å². The molecule has 0 N–H and O–H groups in total. The van der Waals surface area contributed by atoms with E-state index in [-0.39, 0.29) is 5.91 Å². The number of aromatic nitrogens is 2. The summed E-state index contributed by atoms with van der Waals surface area (Å²) in [6, 6.07) is 3.19. The van der Waals surface area contributed by atoms with Crippen molar-refractivity contribution in [3.05, 3.63) is 18.0 Å². The molecule has 3 fully saturated rings. The highest BCUT2D eigenvalue weighted by Gasteiger charge is 2.37. The third-order valence-electron chi connectivity index (χ3n) is 6.15. The van der Waals surface area contributed by atoms with Crippen LogP contribution < -0.4 is 0 Å². The van der Waals surface area contributed by atoms with E-state index in [0.29, 0.717) is 11.7 Å². The summed E-state index contributed by atoms with van der Waals surface area (Å²) >= 11 is 0. The summed E-state index contributed by atoms with van der Waals surface area (Å²) in [4.78, 5) is 19.7. The van der Waals surface area contributed by atoms with Gasteiger partial charge in [-0.15, -0.1) is 0 Å². The molecule has 6 heteroatoms. The predicted molar refractivity (Wildman–Crippen MR) is 92.9 cm³/mol. The molecule has 0 radical (unpaired) electrons.